The molecule has 2 aromatic rings. The number of hydrogen-bond acceptors (Lipinski definition) is 6. The van der Waals surface area contributed by atoms with Gasteiger partial charge in [0, 0.05) is 19.2 Å². The van der Waals surface area contributed by atoms with Gasteiger partial charge in [0.15, 0.2) is 5.13 Å². The number of anilines is 1. The molecule has 0 radical (unpaired) electrons. The third kappa shape index (κ3) is 8.11. The summed E-state index contributed by atoms with van der Waals surface area (Å²) in [6.07, 6.45) is 6.66. The third-order valence-electron chi connectivity index (χ3n) is 5.52. The molecule has 0 unspecified atom stereocenters. The lowest BCUT2D eigenvalue weighted by atomic mass is 9.86. The Bertz CT molecular complexity index is 854. The van der Waals surface area contributed by atoms with Crippen molar-refractivity contribution in [2.45, 2.75) is 55.9 Å². The molecule has 1 aliphatic rings. The minimum absolute atomic E-state index is 0.0229. The molecule has 2 N–H and O–H groups in total. The summed E-state index contributed by atoms with van der Waals surface area (Å²) in [5.74, 6) is -0.190. The van der Waals surface area contributed by atoms with Crippen LogP contribution in [0.2, 0.25) is 0 Å². The van der Waals surface area contributed by atoms with Gasteiger partial charge >= 0.3 is 12.0 Å². The summed E-state index contributed by atoms with van der Waals surface area (Å²) in [6.45, 7) is 4.06. The van der Waals surface area contributed by atoms with Gasteiger partial charge in [-0.25, -0.2) is 9.78 Å². The molecule has 1 saturated carbocycles. The number of carbonyl (C=O) groups is 2. The van der Waals surface area contributed by atoms with E-state index in [-0.39, 0.29) is 17.8 Å². The zero-order valence-corrected chi connectivity index (χ0v) is 20.0. The predicted octanol–water partition coefficient (Wildman–Crippen LogP) is 5.34. The summed E-state index contributed by atoms with van der Waals surface area (Å²) in [7, 11) is 0. The Morgan fingerprint density at radius 1 is 1.25 bits per heavy atom. The molecule has 0 bridgehead atoms. The standard InChI is InChI=1S/C23H31N3O4S2/c1-17-8-10-19(11-9-17)26(12-5-13-30-15-18-6-3-2-4-7-18)23(29)25-22-24-14-21(32-22)31-16-20(27)28/h2-4,6-7,14,17,19H,5,8-13,15-16H2,1H3,(H,27,28)(H,24,25,29). The Hall–Kier alpha value is -2.10. The van der Waals surface area contributed by atoms with Gasteiger partial charge in [-0.1, -0.05) is 48.6 Å². The molecule has 1 aliphatic carbocycles. The highest BCUT2D eigenvalue weighted by Gasteiger charge is 2.27. The average Bonchev–Trinajstić information content (AvgIpc) is 3.23. The summed E-state index contributed by atoms with van der Waals surface area (Å²) in [5.41, 5.74) is 1.14. The van der Waals surface area contributed by atoms with Crippen molar-refractivity contribution in [1.29, 1.82) is 0 Å². The van der Waals surface area contributed by atoms with Crippen molar-refractivity contribution in [2.75, 3.05) is 24.2 Å². The zero-order valence-electron chi connectivity index (χ0n) is 18.4. The Morgan fingerprint density at radius 2 is 2.00 bits per heavy atom. The summed E-state index contributed by atoms with van der Waals surface area (Å²) < 4.78 is 6.58. The van der Waals surface area contributed by atoms with Gasteiger partial charge in [0.1, 0.15) is 0 Å². The molecule has 3 rings (SSSR count). The van der Waals surface area contributed by atoms with Gasteiger partial charge in [-0.15, -0.1) is 11.8 Å². The van der Waals surface area contributed by atoms with Crippen LogP contribution in [-0.4, -0.2) is 51.9 Å². The first-order valence-electron chi connectivity index (χ1n) is 11.0. The highest BCUT2D eigenvalue weighted by Crippen LogP contribution is 2.30. The summed E-state index contributed by atoms with van der Waals surface area (Å²) in [5, 5.41) is 12.2. The number of hydrogen-bond donors (Lipinski definition) is 2. The number of benzene rings is 1. The van der Waals surface area contributed by atoms with Crippen molar-refractivity contribution >= 4 is 40.2 Å². The fourth-order valence-electron chi connectivity index (χ4n) is 3.79. The first-order valence-corrected chi connectivity index (χ1v) is 12.8. The van der Waals surface area contributed by atoms with Gasteiger partial charge in [-0.05, 0) is 43.6 Å². The molecular formula is C23H31N3O4S2. The van der Waals surface area contributed by atoms with Gasteiger partial charge in [-0.3, -0.25) is 10.1 Å². The number of nitrogens with zero attached hydrogens (tertiary/aromatic N) is 2. The normalized spacial score (nSPS) is 18.3. The van der Waals surface area contributed by atoms with Crippen LogP contribution >= 0.6 is 23.1 Å². The maximum atomic E-state index is 13.1. The quantitative estimate of drug-likeness (QED) is 0.335. The fourth-order valence-corrected chi connectivity index (χ4v) is 5.37. The van der Waals surface area contributed by atoms with E-state index in [2.05, 4.69) is 17.2 Å². The highest BCUT2D eigenvalue weighted by atomic mass is 32.2. The molecule has 174 valence electrons. The number of amides is 2. The molecule has 7 nitrogen and oxygen atoms in total. The third-order valence-corrected chi connectivity index (χ3v) is 7.61. The van der Waals surface area contributed by atoms with Crippen LogP contribution in [0.25, 0.3) is 0 Å². The first kappa shape index (κ1) is 24.5. The van der Waals surface area contributed by atoms with E-state index in [1.165, 1.54) is 23.1 Å². The van der Waals surface area contributed by atoms with Crippen LogP contribution in [0.1, 0.15) is 44.6 Å². The van der Waals surface area contributed by atoms with Crippen LogP contribution in [0, 0.1) is 5.92 Å². The molecular weight excluding hydrogens is 446 g/mol. The number of aliphatic carboxylic acids is 1. The monoisotopic (exact) mass is 477 g/mol. The summed E-state index contributed by atoms with van der Waals surface area (Å²) >= 11 is 2.51. The van der Waals surface area contributed by atoms with Crippen molar-refractivity contribution in [1.82, 2.24) is 9.88 Å². The van der Waals surface area contributed by atoms with E-state index in [9.17, 15) is 9.59 Å². The zero-order chi connectivity index (χ0) is 22.8. The lowest BCUT2D eigenvalue weighted by molar-refractivity contribution is -0.133. The number of urea groups is 1. The van der Waals surface area contributed by atoms with Gasteiger partial charge in [0.25, 0.3) is 0 Å². The molecule has 1 aromatic carbocycles. The van der Waals surface area contributed by atoms with Gasteiger partial charge in [0.2, 0.25) is 0 Å². The smallest absolute Gasteiger partial charge is 0.323 e. The lowest BCUT2D eigenvalue weighted by Gasteiger charge is -2.36. The molecule has 0 spiro atoms. The first-order chi connectivity index (χ1) is 15.5. The van der Waals surface area contributed by atoms with Crippen LogP contribution in [-0.2, 0) is 16.1 Å². The second-order valence-corrected chi connectivity index (χ2v) is 10.4. The number of carbonyl (C=O) groups excluding carboxylic acids is 1. The second kappa shape index (κ2) is 12.8. The number of ether oxygens (including phenoxy) is 1. The molecule has 0 atom stereocenters. The maximum Gasteiger partial charge on any atom is 0.323 e. The minimum atomic E-state index is -0.874. The van der Waals surface area contributed by atoms with E-state index in [1.54, 1.807) is 6.20 Å². The SMILES string of the molecule is CC1CCC(N(CCCOCc2ccccc2)C(=O)Nc2ncc(SCC(=O)O)s2)CC1. The molecule has 1 aromatic heterocycles. The van der Waals surface area contributed by atoms with E-state index in [0.29, 0.717) is 30.8 Å². The number of aromatic nitrogens is 1. The predicted molar refractivity (Wildman–Crippen MR) is 128 cm³/mol. The minimum Gasteiger partial charge on any atom is -0.481 e. The van der Waals surface area contributed by atoms with E-state index >= 15 is 0 Å². The highest BCUT2D eigenvalue weighted by molar-refractivity contribution is 8.01. The van der Waals surface area contributed by atoms with Crippen LogP contribution in [0.5, 0.6) is 0 Å². The molecule has 0 aliphatic heterocycles. The van der Waals surface area contributed by atoms with Crippen molar-refractivity contribution in [3.05, 3.63) is 42.1 Å². The topological polar surface area (TPSA) is 91.8 Å². The lowest BCUT2D eigenvalue weighted by Crippen LogP contribution is -2.45. The average molecular weight is 478 g/mol. The maximum absolute atomic E-state index is 13.1. The van der Waals surface area contributed by atoms with Gasteiger partial charge < -0.3 is 14.7 Å². The molecule has 1 heterocycles. The van der Waals surface area contributed by atoms with Crippen LogP contribution in [0.15, 0.2) is 40.7 Å². The number of thiazole rings is 1. The number of carboxylic acid groups (broad SMARTS) is 1. The summed E-state index contributed by atoms with van der Waals surface area (Å²) in [4.78, 5) is 30.0. The number of rotatable bonds is 11. The molecule has 2 amide bonds. The Labute approximate surface area is 197 Å². The van der Waals surface area contributed by atoms with Crippen molar-refractivity contribution < 1.29 is 19.4 Å². The fraction of sp³-hybridized carbons (Fsp3) is 0.522. The van der Waals surface area contributed by atoms with Crippen molar-refractivity contribution in [3.8, 4) is 0 Å². The van der Waals surface area contributed by atoms with Crippen LogP contribution in [0.4, 0.5) is 9.93 Å². The second-order valence-electron chi connectivity index (χ2n) is 8.10. The molecule has 1 fully saturated rings. The van der Waals surface area contributed by atoms with Crippen molar-refractivity contribution in [2.24, 2.45) is 5.92 Å². The van der Waals surface area contributed by atoms with E-state index in [0.717, 1.165) is 41.9 Å². The molecule has 0 saturated heterocycles. The van der Waals surface area contributed by atoms with Gasteiger partial charge in [0.05, 0.1) is 22.8 Å². The molecule has 9 heteroatoms. The Balaban J connectivity index is 1.52. The Kier molecular flexibility index (Phi) is 9.83. The van der Waals surface area contributed by atoms with E-state index in [1.807, 2.05) is 35.2 Å². The largest absolute Gasteiger partial charge is 0.481 e. The van der Waals surface area contributed by atoms with Gasteiger partial charge in [-0.2, -0.15) is 0 Å². The van der Waals surface area contributed by atoms with Crippen molar-refractivity contribution in [3.63, 3.8) is 0 Å². The van der Waals surface area contributed by atoms with E-state index < -0.39 is 5.97 Å². The van der Waals surface area contributed by atoms with Crippen LogP contribution < -0.4 is 5.32 Å². The number of thioether (sulfide) groups is 1. The van der Waals surface area contributed by atoms with Crippen LogP contribution in [0.3, 0.4) is 0 Å². The summed E-state index contributed by atoms with van der Waals surface area (Å²) in [6, 6.07) is 10.2. The number of carboxylic acids is 1. The Morgan fingerprint density at radius 3 is 2.72 bits per heavy atom. The molecule has 32 heavy (non-hydrogen) atoms. The van der Waals surface area contributed by atoms with E-state index in [4.69, 9.17) is 9.84 Å². The number of nitrogens with one attached hydrogen (secondary N) is 1.